The maximum absolute atomic E-state index is 13.6. The third-order valence-corrected chi connectivity index (χ3v) is 6.52. The zero-order chi connectivity index (χ0) is 29.9. The number of carbonyl (C=O) groups excluding carboxylic acids is 2. The number of halogens is 1. The summed E-state index contributed by atoms with van der Waals surface area (Å²) in [5, 5.41) is 12.0. The van der Waals surface area contributed by atoms with Gasteiger partial charge in [-0.05, 0) is 61.4 Å². The lowest BCUT2D eigenvalue weighted by Gasteiger charge is -2.28. The second-order valence-corrected chi connectivity index (χ2v) is 9.30. The number of benzene rings is 3. The minimum atomic E-state index is -1.17. The van der Waals surface area contributed by atoms with Crippen molar-refractivity contribution >= 4 is 29.2 Å². The van der Waals surface area contributed by atoms with Gasteiger partial charge in [-0.2, -0.15) is 0 Å². The van der Waals surface area contributed by atoms with E-state index < -0.39 is 18.0 Å². The molecule has 0 heterocycles. The number of rotatable bonds is 13. The van der Waals surface area contributed by atoms with Gasteiger partial charge in [0.1, 0.15) is 30.0 Å². The maximum Gasteiger partial charge on any atom is 0.330 e. The van der Waals surface area contributed by atoms with E-state index in [0.29, 0.717) is 51.3 Å². The highest BCUT2D eigenvalue weighted by molar-refractivity contribution is 6.30. The summed E-state index contributed by atoms with van der Waals surface area (Å²) in [6.07, 6.45) is 2.67. The molecule has 0 unspecified atom stereocenters. The van der Waals surface area contributed by atoms with Crippen LogP contribution < -0.4 is 19.1 Å². The highest BCUT2D eigenvalue weighted by Gasteiger charge is 2.25. The van der Waals surface area contributed by atoms with Gasteiger partial charge in [0.25, 0.3) is 5.91 Å². The topological polar surface area (TPSA) is 94.5 Å². The van der Waals surface area contributed by atoms with Crippen molar-refractivity contribution in [1.82, 2.24) is 0 Å². The first-order valence-electron chi connectivity index (χ1n) is 12.9. The number of amides is 1. The lowest BCUT2D eigenvalue weighted by atomic mass is 9.95. The summed E-state index contributed by atoms with van der Waals surface area (Å²) >= 11 is 6.39. The van der Waals surface area contributed by atoms with E-state index in [0.717, 1.165) is 17.7 Å². The second-order valence-electron chi connectivity index (χ2n) is 8.86. The Kier molecular flexibility index (Phi) is 11.4. The average Bonchev–Trinajstić information content (AvgIpc) is 2.98. The molecule has 1 atom stereocenters. The van der Waals surface area contributed by atoms with Crippen molar-refractivity contribution in [2.45, 2.75) is 26.5 Å². The number of anilines is 1. The van der Waals surface area contributed by atoms with Crippen LogP contribution in [0.1, 0.15) is 35.3 Å². The van der Waals surface area contributed by atoms with E-state index >= 15 is 0 Å². The van der Waals surface area contributed by atoms with Gasteiger partial charge in [-0.1, -0.05) is 36.4 Å². The van der Waals surface area contributed by atoms with Gasteiger partial charge in [0.2, 0.25) is 0 Å². The molecule has 3 aromatic rings. The monoisotopic (exact) mass is 579 g/mol. The molecule has 216 valence electrons. The van der Waals surface area contributed by atoms with Gasteiger partial charge < -0.3 is 29.0 Å². The highest BCUT2D eigenvalue weighted by Crippen LogP contribution is 2.38. The van der Waals surface area contributed by atoms with E-state index in [2.05, 4.69) is 6.58 Å². The number of aliphatic hydroxyl groups is 1. The first-order valence-corrected chi connectivity index (χ1v) is 13.3. The number of hydrogen-bond acceptors (Lipinski definition) is 7. The molecular formula is C32H34ClNO7. The van der Waals surface area contributed by atoms with Crippen LogP contribution in [0.2, 0.25) is 5.02 Å². The quantitative estimate of drug-likeness (QED) is 0.152. The standard InChI is InChI=1S/C32H34ClNO7/c1-6-17-41-28-10-8-9-25(21(28)3)32(37)26-18-23(33)12-14-27(26)34(30(35)15-16-31(36)40-7-2)20-22-11-13-24(38-4)19-29(22)39-5/h6,8-16,18-19,32,37H,1,7,17,20H2,2-5H3/b16-15+/t32-/m1/s1. The SMILES string of the molecule is C=CCOc1cccc([C@@H](O)c2cc(Cl)ccc2N(Cc2ccc(OC)cc2OC)C(=O)/C=C/C(=O)OCC)c1C. The Balaban J connectivity index is 2.14. The van der Waals surface area contributed by atoms with E-state index in [1.165, 1.54) is 12.0 Å². The van der Waals surface area contributed by atoms with Crippen LogP contribution in [-0.4, -0.2) is 44.4 Å². The predicted molar refractivity (Wildman–Crippen MR) is 159 cm³/mol. The van der Waals surface area contributed by atoms with Gasteiger partial charge >= 0.3 is 5.97 Å². The largest absolute Gasteiger partial charge is 0.497 e. The van der Waals surface area contributed by atoms with Crippen LogP contribution in [0.5, 0.6) is 17.2 Å². The molecule has 0 saturated heterocycles. The summed E-state index contributed by atoms with van der Waals surface area (Å²) in [6, 6.07) is 15.5. The van der Waals surface area contributed by atoms with Gasteiger partial charge in [0, 0.05) is 34.4 Å². The van der Waals surface area contributed by atoms with Crippen LogP contribution >= 0.6 is 11.6 Å². The second kappa shape index (κ2) is 14.9. The van der Waals surface area contributed by atoms with Crippen molar-refractivity contribution in [3.05, 3.63) is 107 Å². The third-order valence-electron chi connectivity index (χ3n) is 6.29. The smallest absolute Gasteiger partial charge is 0.330 e. The minimum Gasteiger partial charge on any atom is -0.497 e. The van der Waals surface area contributed by atoms with Crippen LogP contribution in [-0.2, 0) is 20.9 Å². The summed E-state index contributed by atoms with van der Waals surface area (Å²) in [4.78, 5) is 27.1. The molecule has 3 aromatic carbocycles. The molecule has 0 spiro atoms. The highest BCUT2D eigenvalue weighted by atomic mass is 35.5. The molecule has 8 nitrogen and oxygen atoms in total. The summed E-state index contributed by atoms with van der Waals surface area (Å²) in [6.45, 7) is 7.73. The molecule has 0 saturated carbocycles. The fourth-order valence-corrected chi connectivity index (χ4v) is 4.43. The molecule has 0 fully saturated rings. The van der Waals surface area contributed by atoms with E-state index in [1.807, 2.05) is 6.92 Å². The summed E-state index contributed by atoms with van der Waals surface area (Å²) in [7, 11) is 3.07. The van der Waals surface area contributed by atoms with E-state index in [4.69, 9.17) is 30.5 Å². The van der Waals surface area contributed by atoms with E-state index in [-0.39, 0.29) is 13.2 Å². The van der Waals surface area contributed by atoms with Gasteiger partial charge in [0.15, 0.2) is 0 Å². The number of hydrogen-bond donors (Lipinski definition) is 1. The Bertz CT molecular complexity index is 1420. The first-order chi connectivity index (χ1) is 19.7. The van der Waals surface area contributed by atoms with Crippen LogP contribution in [0.25, 0.3) is 0 Å². The van der Waals surface area contributed by atoms with Gasteiger partial charge in [-0.3, -0.25) is 4.79 Å². The molecule has 41 heavy (non-hydrogen) atoms. The minimum absolute atomic E-state index is 0.0436. The summed E-state index contributed by atoms with van der Waals surface area (Å²) in [5.74, 6) is 0.508. The molecule has 1 amide bonds. The molecule has 0 aliphatic heterocycles. The number of nitrogens with zero attached hydrogens (tertiary/aromatic N) is 1. The Morgan fingerprint density at radius 3 is 2.49 bits per heavy atom. The van der Waals surface area contributed by atoms with Crippen molar-refractivity contribution in [2.75, 3.05) is 32.3 Å². The van der Waals surface area contributed by atoms with E-state index in [9.17, 15) is 14.7 Å². The third kappa shape index (κ3) is 7.90. The molecule has 3 rings (SSSR count). The Hall–Kier alpha value is -4.27. The van der Waals surface area contributed by atoms with Gasteiger partial charge in [-0.25, -0.2) is 4.79 Å². The molecular weight excluding hydrogens is 546 g/mol. The Labute approximate surface area is 245 Å². The van der Waals surface area contributed by atoms with Crippen LogP contribution in [0.4, 0.5) is 5.69 Å². The number of carbonyl (C=O) groups is 2. The van der Waals surface area contributed by atoms with Crippen molar-refractivity contribution in [1.29, 1.82) is 0 Å². The van der Waals surface area contributed by atoms with Crippen molar-refractivity contribution in [3.63, 3.8) is 0 Å². The van der Waals surface area contributed by atoms with Gasteiger partial charge in [-0.15, -0.1) is 0 Å². The van der Waals surface area contributed by atoms with Crippen molar-refractivity contribution in [3.8, 4) is 17.2 Å². The molecule has 0 aliphatic carbocycles. The molecule has 0 bridgehead atoms. The number of aliphatic hydroxyl groups excluding tert-OH is 1. The molecule has 0 aliphatic rings. The normalized spacial score (nSPS) is 11.6. The van der Waals surface area contributed by atoms with Crippen LogP contribution in [0, 0.1) is 6.92 Å². The molecule has 1 N–H and O–H groups in total. The summed E-state index contributed by atoms with van der Waals surface area (Å²) < 4.78 is 21.6. The fourth-order valence-electron chi connectivity index (χ4n) is 4.24. The fraction of sp³-hybridized carbons (Fsp3) is 0.250. The molecule has 9 heteroatoms. The molecule has 0 radical (unpaired) electrons. The van der Waals surface area contributed by atoms with Gasteiger partial charge in [0.05, 0.1) is 33.1 Å². The number of esters is 1. The van der Waals surface area contributed by atoms with Crippen molar-refractivity contribution < 1.29 is 33.6 Å². The van der Waals surface area contributed by atoms with E-state index in [1.54, 1.807) is 74.7 Å². The number of ether oxygens (including phenoxy) is 4. The predicted octanol–water partition coefficient (Wildman–Crippen LogP) is 5.96. The zero-order valence-electron chi connectivity index (χ0n) is 23.6. The molecule has 0 aromatic heterocycles. The first kappa shape index (κ1) is 31.3. The summed E-state index contributed by atoms with van der Waals surface area (Å²) in [5.41, 5.74) is 2.73. The Morgan fingerprint density at radius 2 is 1.80 bits per heavy atom. The lowest BCUT2D eigenvalue weighted by Crippen LogP contribution is -2.30. The maximum atomic E-state index is 13.6. The van der Waals surface area contributed by atoms with Crippen molar-refractivity contribution in [2.24, 2.45) is 0 Å². The number of methoxy groups -OCH3 is 2. The Morgan fingerprint density at radius 1 is 1.02 bits per heavy atom. The van der Waals surface area contributed by atoms with Crippen LogP contribution in [0.3, 0.4) is 0 Å². The lowest BCUT2D eigenvalue weighted by molar-refractivity contribution is -0.137. The van der Waals surface area contributed by atoms with Crippen LogP contribution in [0.15, 0.2) is 79.4 Å². The average molecular weight is 580 g/mol. The zero-order valence-corrected chi connectivity index (χ0v) is 24.3.